The summed E-state index contributed by atoms with van der Waals surface area (Å²) >= 11 is 0. The first kappa shape index (κ1) is 29.2. The molecule has 1 saturated heterocycles. The van der Waals surface area contributed by atoms with Gasteiger partial charge in [0.1, 0.15) is 5.82 Å². The highest BCUT2D eigenvalue weighted by molar-refractivity contribution is 7.92. The second kappa shape index (κ2) is 12.7. The number of amides is 2. The molecule has 0 spiro atoms. The van der Waals surface area contributed by atoms with E-state index < -0.39 is 15.8 Å². The topological polar surface area (TPSA) is 108 Å². The smallest absolute Gasteiger partial charge is 0.306 e. The number of hydrogen-bond acceptors (Lipinski definition) is 6. The molecule has 4 aromatic rings. The summed E-state index contributed by atoms with van der Waals surface area (Å²) in [6.45, 7) is 4.14. The van der Waals surface area contributed by atoms with Crippen molar-refractivity contribution in [2.75, 3.05) is 34.3 Å². The summed E-state index contributed by atoms with van der Waals surface area (Å²) in [4.78, 5) is 26.3. The fourth-order valence-electron chi connectivity index (χ4n) is 5.05. The van der Waals surface area contributed by atoms with E-state index in [-0.39, 0.29) is 12.1 Å². The molecular formula is C31H33FN6O3S. The Morgan fingerprint density at radius 2 is 1.71 bits per heavy atom. The van der Waals surface area contributed by atoms with Crippen LogP contribution in [0, 0.1) is 12.7 Å². The number of sulfonamides is 1. The quantitative estimate of drug-likeness (QED) is 0.275. The van der Waals surface area contributed by atoms with Crippen molar-refractivity contribution >= 4 is 33.1 Å². The number of nitrogens with one attached hydrogen (secondary N) is 2. The fourth-order valence-corrected chi connectivity index (χ4v) is 5.62. The van der Waals surface area contributed by atoms with Crippen molar-refractivity contribution in [1.29, 1.82) is 0 Å². The van der Waals surface area contributed by atoms with Crippen LogP contribution in [0.1, 0.15) is 24.1 Å². The highest BCUT2D eigenvalue weighted by Gasteiger charge is 2.30. The number of aryl methyl sites for hydroxylation is 1. The number of carbonyl (C=O) groups is 1. The van der Waals surface area contributed by atoms with E-state index in [0.717, 1.165) is 61.2 Å². The third-order valence-corrected chi connectivity index (χ3v) is 7.71. The van der Waals surface area contributed by atoms with Gasteiger partial charge < -0.3 is 5.32 Å². The van der Waals surface area contributed by atoms with Crippen LogP contribution >= 0.6 is 0 Å². The zero-order chi connectivity index (χ0) is 29.7. The number of halogens is 1. The molecule has 2 N–H and O–H groups in total. The number of benzene rings is 2. The number of carbonyl (C=O) groups excluding carboxylic acids is 1. The van der Waals surface area contributed by atoms with E-state index in [0.29, 0.717) is 17.1 Å². The van der Waals surface area contributed by atoms with Crippen molar-refractivity contribution in [3.05, 3.63) is 102 Å². The van der Waals surface area contributed by atoms with Crippen LogP contribution in [0.15, 0.2) is 85.2 Å². The lowest BCUT2D eigenvalue weighted by molar-refractivity contribution is 0.199. The largest absolute Gasteiger partial charge is 0.326 e. The van der Waals surface area contributed by atoms with Gasteiger partial charge in [0.25, 0.3) is 0 Å². The number of pyridine rings is 2. The Hall–Kier alpha value is -4.35. The van der Waals surface area contributed by atoms with Gasteiger partial charge in [-0.2, -0.15) is 0 Å². The summed E-state index contributed by atoms with van der Waals surface area (Å²) in [5.74, 6) is -0.391. The lowest BCUT2D eigenvalue weighted by Gasteiger charge is -2.38. The van der Waals surface area contributed by atoms with Gasteiger partial charge in [-0.3, -0.25) is 24.5 Å². The molecule has 11 heteroatoms. The number of aromatic nitrogens is 2. The van der Waals surface area contributed by atoms with E-state index >= 15 is 0 Å². The number of rotatable bonds is 8. The van der Waals surface area contributed by atoms with E-state index in [1.54, 1.807) is 41.4 Å². The maximum atomic E-state index is 14.1. The second-order valence-electron chi connectivity index (χ2n) is 10.5. The molecule has 1 aliphatic rings. The molecule has 42 heavy (non-hydrogen) atoms. The number of urea groups is 1. The summed E-state index contributed by atoms with van der Waals surface area (Å²) in [5.41, 5.74) is 5.21. The molecule has 9 nitrogen and oxygen atoms in total. The number of nitrogens with zero attached hydrogens (tertiary/aromatic N) is 4. The van der Waals surface area contributed by atoms with Crippen molar-refractivity contribution in [3.63, 3.8) is 0 Å². The SMILES string of the molecule is Cc1ccc(NC(=O)N(c2cccc(F)c2)C2CCN(Cc3ccc(-c4ccc(NS(C)(=O)=O)cc4)nc3)CC2)cn1. The molecule has 0 unspecified atom stereocenters. The first-order chi connectivity index (χ1) is 20.1. The molecule has 0 radical (unpaired) electrons. The van der Waals surface area contributed by atoms with Crippen molar-refractivity contribution in [3.8, 4) is 11.3 Å². The van der Waals surface area contributed by atoms with Crippen molar-refractivity contribution in [2.24, 2.45) is 0 Å². The van der Waals surface area contributed by atoms with Crippen LogP contribution in [0.3, 0.4) is 0 Å². The summed E-state index contributed by atoms with van der Waals surface area (Å²) < 4.78 is 39.5. The summed E-state index contributed by atoms with van der Waals surface area (Å²) in [6, 6.07) is 20.4. The number of likely N-dealkylation sites (tertiary alicyclic amines) is 1. The highest BCUT2D eigenvalue weighted by Crippen LogP contribution is 2.27. The molecular weight excluding hydrogens is 555 g/mol. The van der Waals surface area contributed by atoms with Crippen LogP contribution < -0.4 is 14.9 Å². The van der Waals surface area contributed by atoms with Gasteiger partial charge in [-0.05, 0) is 73.9 Å². The Labute approximate surface area is 245 Å². The van der Waals surface area contributed by atoms with Crippen LogP contribution in [0.25, 0.3) is 11.3 Å². The minimum Gasteiger partial charge on any atom is -0.306 e. The zero-order valence-corrected chi connectivity index (χ0v) is 24.3. The lowest BCUT2D eigenvalue weighted by Crippen LogP contribution is -2.49. The average Bonchev–Trinajstić information content (AvgIpc) is 2.95. The van der Waals surface area contributed by atoms with Gasteiger partial charge in [0, 0.05) is 54.5 Å². The predicted octanol–water partition coefficient (Wildman–Crippen LogP) is 5.67. The molecule has 1 fully saturated rings. The van der Waals surface area contributed by atoms with E-state index in [1.807, 2.05) is 43.5 Å². The minimum absolute atomic E-state index is 0.0953. The Morgan fingerprint density at radius 1 is 0.976 bits per heavy atom. The Balaban J connectivity index is 1.21. The van der Waals surface area contributed by atoms with E-state index in [9.17, 15) is 17.6 Å². The molecule has 3 heterocycles. The standard InChI is InChI=1S/C31H33FN6O3S/c1-22-6-10-27(20-33-22)35-31(39)38(29-5-3-4-25(32)18-29)28-14-16-37(17-15-28)21-23-7-13-30(34-19-23)24-8-11-26(12-9-24)36-42(2,40)41/h3-13,18-20,28,36H,14-17,21H2,1-2H3,(H,35,39). The van der Waals surface area contributed by atoms with Crippen molar-refractivity contribution in [2.45, 2.75) is 32.4 Å². The molecule has 5 rings (SSSR count). The first-order valence-electron chi connectivity index (χ1n) is 13.7. The zero-order valence-electron chi connectivity index (χ0n) is 23.5. The Bertz CT molecular complexity index is 1620. The molecule has 1 aliphatic heterocycles. The lowest BCUT2D eigenvalue weighted by atomic mass is 10.0. The van der Waals surface area contributed by atoms with Crippen LogP contribution in [0.5, 0.6) is 0 Å². The van der Waals surface area contributed by atoms with Gasteiger partial charge in [-0.15, -0.1) is 0 Å². The van der Waals surface area contributed by atoms with E-state index in [2.05, 4.69) is 24.9 Å². The number of piperidine rings is 1. The monoisotopic (exact) mass is 588 g/mol. The van der Waals surface area contributed by atoms with Gasteiger partial charge >= 0.3 is 6.03 Å². The molecule has 2 amide bonds. The van der Waals surface area contributed by atoms with E-state index in [1.165, 1.54) is 12.1 Å². The maximum absolute atomic E-state index is 14.1. The van der Waals surface area contributed by atoms with Gasteiger partial charge in [-0.1, -0.05) is 24.3 Å². The Kier molecular flexibility index (Phi) is 8.79. The Morgan fingerprint density at radius 3 is 2.33 bits per heavy atom. The average molecular weight is 589 g/mol. The van der Waals surface area contributed by atoms with Crippen molar-refractivity contribution in [1.82, 2.24) is 14.9 Å². The number of hydrogen-bond donors (Lipinski definition) is 2. The number of anilines is 3. The summed E-state index contributed by atoms with van der Waals surface area (Å²) in [7, 11) is -3.33. The second-order valence-corrected chi connectivity index (χ2v) is 12.2. The molecule has 218 valence electrons. The van der Waals surface area contributed by atoms with Gasteiger partial charge in [0.05, 0.1) is 23.8 Å². The van der Waals surface area contributed by atoms with E-state index in [4.69, 9.17) is 0 Å². The van der Waals surface area contributed by atoms with Crippen LogP contribution in [0.4, 0.5) is 26.2 Å². The fraction of sp³-hybridized carbons (Fsp3) is 0.258. The molecule has 0 atom stereocenters. The molecule has 0 aliphatic carbocycles. The normalized spacial score (nSPS) is 14.4. The highest BCUT2D eigenvalue weighted by atomic mass is 32.2. The molecule has 2 aromatic heterocycles. The van der Waals surface area contributed by atoms with Gasteiger partial charge in [-0.25, -0.2) is 17.6 Å². The third kappa shape index (κ3) is 7.68. The maximum Gasteiger partial charge on any atom is 0.326 e. The van der Waals surface area contributed by atoms with Crippen LogP contribution in [0.2, 0.25) is 0 Å². The molecule has 0 bridgehead atoms. The summed E-state index contributed by atoms with van der Waals surface area (Å²) in [5, 5.41) is 2.92. The first-order valence-corrected chi connectivity index (χ1v) is 15.6. The molecule has 0 saturated carbocycles. The third-order valence-electron chi connectivity index (χ3n) is 7.10. The van der Waals surface area contributed by atoms with Crippen LogP contribution in [-0.4, -0.2) is 54.7 Å². The minimum atomic E-state index is -3.33. The summed E-state index contributed by atoms with van der Waals surface area (Å²) in [6.07, 6.45) is 6.05. The van der Waals surface area contributed by atoms with Crippen LogP contribution in [-0.2, 0) is 16.6 Å². The van der Waals surface area contributed by atoms with Gasteiger partial charge in [0.2, 0.25) is 10.0 Å². The van der Waals surface area contributed by atoms with Crippen molar-refractivity contribution < 1.29 is 17.6 Å². The predicted molar refractivity (Wildman–Crippen MR) is 163 cm³/mol. The molecule has 2 aromatic carbocycles. The van der Waals surface area contributed by atoms with Gasteiger partial charge in [0.15, 0.2) is 0 Å².